The molecule has 1 aliphatic carbocycles. The lowest BCUT2D eigenvalue weighted by Crippen LogP contribution is -2.30. The molecule has 0 bridgehead atoms. The summed E-state index contributed by atoms with van der Waals surface area (Å²) in [5, 5.41) is 18.0. The van der Waals surface area contributed by atoms with E-state index in [4.69, 9.17) is 9.84 Å². The maximum atomic E-state index is 12.9. The van der Waals surface area contributed by atoms with E-state index in [-0.39, 0.29) is 23.9 Å². The summed E-state index contributed by atoms with van der Waals surface area (Å²) in [6, 6.07) is 24.9. The van der Waals surface area contributed by atoms with E-state index < -0.39 is 24.5 Å². The quantitative estimate of drug-likeness (QED) is 0.365. The molecule has 0 saturated carbocycles. The van der Waals surface area contributed by atoms with Gasteiger partial charge in [-0.3, -0.25) is 14.9 Å². The maximum Gasteiger partial charge on any atom is 0.412 e. The van der Waals surface area contributed by atoms with E-state index in [9.17, 15) is 14.4 Å². The van der Waals surface area contributed by atoms with Gasteiger partial charge in [0.25, 0.3) is 5.91 Å². The summed E-state index contributed by atoms with van der Waals surface area (Å²) in [6.07, 6.45) is 0.505. The number of carbonyl (C=O) groups is 3. The molecule has 1 aliphatic rings. The number of nitrogens with zero attached hydrogens (tertiary/aromatic N) is 2. The van der Waals surface area contributed by atoms with Crippen molar-refractivity contribution in [3.8, 4) is 16.8 Å². The number of carboxylic acids is 1. The van der Waals surface area contributed by atoms with Crippen molar-refractivity contribution in [2.24, 2.45) is 0 Å². The van der Waals surface area contributed by atoms with Gasteiger partial charge in [-0.1, -0.05) is 66.7 Å². The van der Waals surface area contributed by atoms with Gasteiger partial charge in [-0.25, -0.2) is 9.48 Å². The van der Waals surface area contributed by atoms with E-state index in [1.54, 1.807) is 24.3 Å². The summed E-state index contributed by atoms with van der Waals surface area (Å²) >= 11 is 0. The molecule has 1 heterocycles. The first-order valence-electron chi connectivity index (χ1n) is 11.3. The lowest BCUT2D eigenvalue weighted by atomic mass is 9.98. The Morgan fingerprint density at radius 1 is 0.889 bits per heavy atom. The fraction of sp³-hybridized carbons (Fsp3) is 0.111. The van der Waals surface area contributed by atoms with Gasteiger partial charge in [0.05, 0.1) is 11.9 Å². The number of benzene rings is 3. The van der Waals surface area contributed by atoms with Crippen molar-refractivity contribution in [3.63, 3.8) is 0 Å². The standard InChI is InChI=1S/C27H22N4O5/c32-24(33)15-28-26(34)22-14-29-31(17-8-2-1-3-9-17)25(22)30-27(35)36-16-23-20-12-6-4-10-18(20)19-11-5-7-13-21(19)23/h1-14,23H,15-16H2,(H,28,34)(H,30,35)(H,32,33). The molecule has 36 heavy (non-hydrogen) atoms. The lowest BCUT2D eigenvalue weighted by molar-refractivity contribution is -0.135. The summed E-state index contributed by atoms with van der Waals surface area (Å²) < 4.78 is 7.01. The normalized spacial score (nSPS) is 11.9. The molecule has 9 heteroatoms. The van der Waals surface area contributed by atoms with Gasteiger partial charge in [0, 0.05) is 5.92 Å². The predicted octanol–water partition coefficient (Wildman–Crippen LogP) is 4.05. The highest BCUT2D eigenvalue weighted by molar-refractivity contribution is 6.02. The zero-order valence-corrected chi connectivity index (χ0v) is 19.0. The van der Waals surface area contributed by atoms with Crippen LogP contribution < -0.4 is 10.6 Å². The van der Waals surface area contributed by atoms with Crippen molar-refractivity contribution in [1.29, 1.82) is 0 Å². The molecule has 0 atom stereocenters. The van der Waals surface area contributed by atoms with Gasteiger partial charge < -0.3 is 15.2 Å². The zero-order chi connectivity index (χ0) is 25.1. The van der Waals surface area contributed by atoms with E-state index in [1.807, 2.05) is 42.5 Å². The van der Waals surface area contributed by atoms with Crippen LogP contribution in [0.2, 0.25) is 0 Å². The number of para-hydroxylation sites is 1. The van der Waals surface area contributed by atoms with Crippen LogP contribution in [0.4, 0.5) is 10.6 Å². The summed E-state index contributed by atoms with van der Waals surface area (Å²) in [6.45, 7) is -0.473. The predicted molar refractivity (Wildman–Crippen MR) is 132 cm³/mol. The monoisotopic (exact) mass is 482 g/mol. The number of fused-ring (bicyclic) bond motifs is 3. The van der Waals surface area contributed by atoms with E-state index in [0.717, 1.165) is 22.3 Å². The first-order valence-corrected chi connectivity index (χ1v) is 11.3. The molecule has 0 radical (unpaired) electrons. The molecule has 4 aromatic rings. The molecule has 0 fully saturated rings. The van der Waals surface area contributed by atoms with Crippen LogP contribution in [0.1, 0.15) is 27.4 Å². The summed E-state index contributed by atoms with van der Waals surface area (Å²) in [5.74, 6) is -1.93. The topological polar surface area (TPSA) is 123 Å². The van der Waals surface area contributed by atoms with E-state index in [0.29, 0.717) is 5.69 Å². The number of amides is 2. The number of aromatic nitrogens is 2. The summed E-state index contributed by atoms with van der Waals surface area (Å²) in [4.78, 5) is 36.4. The number of hydrogen-bond acceptors (Lipinski definition) is 5. The van der Waals surface area contributed by atoms with E-state index in [2.05, 4.69) is 27.9 Å². The van der Waals surface area contributed by atoms with E-state index >= 15 is 0 Å². The third kappa shape index (κ3) is 4.41. The average molecular weight is 482 g/mol. The molecule has 0 saturated heterocycles. The Hall–Kier alpha value is -4.92. The Morgan fingerprint density at radius 3 is 2.14 bits per heavy atom. The second kappa shape index (κ2) is 9.75. The molecule has 180 valence electrons. The zero-order valence-electron chi connectivity index (χ0n) is 19.0. The van der Waals surface area contributed by atoms with E-state index in [1.165, 1.54) is 10.9 Å². The van der Waals surface area contributed by atoms with Crippen LogP contribution in [0, 0.1) is 0 Å². The van der Waals surface area contributed by atoms with Crippen molar-refractivity contribution < 1.29 is 24.2 Å². The van der Waals surface area contributed by atoms with Crippen LogP contribution in [0.3, 0.4) is 0 Å². The first-order chi connectivity index (χ1) is 17.5. The average Bonchev–Trinajstić information content (AvgIpc) is 3.46. The number of rotatable bonds is 7. The number of hydrogen-bond donors (Lipinski definition) is 3. The highest BCUT2D eigenvalue weighted by Gasteiger charge is 2.29. The number of nitrogens with one attached hydrogen (secondary N) is 2. The van der Waals surface area contributed by atoms with Crippen molar-refractivity contribution in [3.05, 3.63) is 102 Å². The Bertz CT molecular complexity index is 1400. The Kier molecular flexibility index (Phi) is 6.19. The van der Waals surface area contributed by atoms with Crippen LogP contribution in [0.25, 0.3) is 16.8 Å². The van der Waals surface area contributed by atoms with Crippen LogP contribution in [0.5, 0.6) is 0 Å². The largest absolute Gasteiger partial charge is 0.480 e. The summed E-state index contributed by atoms with van der Waals surface area (Å²) in [5.41, 5.74) is 4.99. The van der Waals surface area contributed by atoms with Gasteiger partial charge in [-0.05, 0) is 34.4 Å². The molecule has 2 amide bonds. The van der Waals surface area contributed by atoms with Crippen LogP contribution in [-0.4, -0.2) is 46.0 Å². The van der Waals surface area contributed by atoms with Crippen LogP contribution in [-0.2, 0) is 9.53 Å². The van der Waals surface area contributed by atoms with Crippen molar-refractivity contribution in [2.75, 3.05) is 18.5 Å². The third-order valence-corrected chi connectivity index (χ3v) is 5.98. The van der Waals surface area contributed by atoms with Gasteiger partial charge >= 0.3 is 12.1 Å². The highest BCUT2D eigenvalue weighted by Crippen LogP contribution is 2.44. The number of anilines is 1. The second-order valence-electron chi connectivity index (χ2n) is 8.18. The third-order valence-electron chi connectivity index (χ3n) is 5.98. The molecular weight excluding hydrogens is 460 g/mol. The van der Waals surface area contributed by atoms with Crippen molar-refractivity contribution in [2.45, 2.75) is 5.92 Å². The number of ether oxygens (including phenoxy) is 1. The summed E-state index contributed by atoms with van der Waals surface area (Å²) in [7, 11) is 0. The van der Waals surface area contributed by atoms with Crippen molar-refractivity contribution in [1.82, 2.24) is 15.1 Å². The fourth-order valence-corrected chi connectivity index (χ4v) is 4.38. The molecule has 1 aromatic heterocycles. The van der Waals surface area contributed by atoms with Crippen LogP contribution in [0.15, 0.2) is 85.1 Å². The molecule has 0 unspecified atom stereocenters. The minimum Gasteiger partial charge on any atom is -0.480 e. The number of aliphatic carboxylic acids is 1. The van der Waals surface area contributed by atoms with Crippen LogP contribution >= 0.6 is 0 Å². The highest BCUT2D eigenvalue weighted by atomic mass is 16.5. The SMILES string of the molecule is O=C(O)CNC(=O)c1cnn(-c2ccccc2)c1NC(=O)OCC1c2ccccc2-c2ccccc21. The number of carbonyl (C=O) groups excluding carboxylic acids is 2. The lowest BCUT2D eigenvalue weighted by Gasteiger charge is -2.15. The fourth-order valence-electron chi connectivity index (χ4n) is 4.38. The Morgan fingerprint density at radius 2 is 1.50 bits per heavy atom. The Labute approximate surface area is 206 Å². The van der Waals surface area contributed by atoms with Crippen molar-refractivity contribution >= 4 is 23.8 Å². The minimum atomic E-state index is -1.19. The maximum absolute atomic E-state index is 12.9. The van der Waals surface area contributed by atoms with Gasteiger partial charge in [0.2, 0.25) is 0 Å². The van der Waals surface area contributed by atoms with Gasteiger partial charge in [0.15, 0.2) is 5.82 Å². The van der Waals surface area contributed by atoms with Gasteiger partial charge in [-0.2, -0.15) is 5.10 Å². The second-order valence-corrected chi connectivity index (χ2v) is 8.18. The molecule has 0 spiro atoms. The van der Waals surface area contributed by atoms with Gasteiger partial charge in [0.1, 0.15) is 18.7 Å². The number of carboxylic acid groups (broad SMARTS) is 1. The molecule has 5 rings (SSSR count). The minimum absolute atomic E-state index is 0.00797. The molecular formula is C27H22N4O5. The molecule has 3 N–H and O–H groups in total. The van der Waals surface area contributed by atoms with Gasteiger partial charge in [-0.15, -0.1) is 0 Å². The molecule has 0 aliphatic heterocycles. The Balaban J connectivity index is 1.37. The first kappa shape index (κ1) is 22.9. The molecule has 3 aromatic carbocycles. The molecule has 9 nitrogen and oxygen atoms in total. The smallest absolute Gasteiger partial charge is 0.412 e.